The van der Waals surface area contributed by atoms with Gasteiger partial charge in [-0.3, -0.25) is 4.79 Å². The zero-order valence-electron chi connectivity index (χ0n) is 13.7. The topological polar surface area (TPSA) is 71.1 Å². The summed E-state index contributed by atoms with van der Waals surface area (Å²) in [5.41, 5.74) is 2.00. The van der Waals surface area contributed by atoms with E-state index in [1.165, 1.54) is 21.3 Å². The average Bonchev–Trinajstić information content (AvgIpc) is 2.57. The molecule has 0 spiro atoms. The van der Waals surface area contributed by atoms with E-state index >= 15 is 0 Å². The first-order valence-electron chi connectivity index (χ1n) is 7.29. The third-order valence-electron chi connectivity index (χ3n) is 3.80. The molecule has 0 saturated carbocycles. The van der Waals surface area contributed by atoms with Crippen molar-refractivity contribution in [2.75, 3.05) is 27.9 Å². The molecular weight excluding hydrogens is 380 g/mol. The molecule has 1 aliphatic rings. The number of rotatable bonds is 4. The van der Waals surface area contributed by atoms with Crippen LogP contribution in [0.5, 0.6) is 0 Å². The number of halogens is 1. The normalized spacial score (nSPS) is 22.4. The summed E-state index contributed by atoms with van der Waals surface area (Å²) in [4.78, 5) is 23.7. The highest BCUT2D eigenvalue weighted by Crippen LogP contribution is 2.34. The Labute approximate surface area is 148 Å². The number of fused-ring (bicyclic) bond motifs is 1. The van der Waals surface area contributed by atoms with Gasteiger partial charge in [-0.15, -0.1) is 0 Å². The van der Waals surface area contributed by atoms with Crippen molar-refractivity contribution >= 4 is 33.9 Å². The van der Waals surface area contributed by atoms with Gasteiger partial charge in [0.2, 0.25) is 0 Å². The molecule has 0 amide bonds. The lowest BCUT2D eigenvalue weighted by molar-refractivity contribution is -0.155. The lowest BCUT2D eigenvalue weighted by Crippen LogP contribution is -2.30. The third kappa shape index (κ3) is 4.23. The fourth-order valence-corrected chi connectivity index (χ4v) is 3.00. The second-order valence-electron chi connectivity index (χ2n) is 5.24. The van der Waals surface area contributed by atoms with Gasteiger partial charge >= 0.3 is 11.9 Å². The smallest absolute Gasteiger partial charge is 0.336 e. The number of hydrogen-bond acceptors (Lipinski definition) is 6. The number of methoxy groups -OCH3 is 3. The Balaban J connectivity index is 2.55. The molecule has 1 aromatic carbocycles. The molecule has 2 unspecified atom stereocenters. The maximum atomic E-state index is 11.9. The van der Waals surface area contributed by atoms with Gasteiger partial charge in [0.05, 0.1) is 32.8 Å². The SMILES string of the molecule is COC(=O)CC1c2ccc(Br)cc2/C=C(/C(=O)OC)COC1OC. The van der Waals surface area contributed by atoms with Crippen LogP contribution >= 0.6 is 15.9 Å². The standard InChI is InChI=1S/C17H19BrO6/c1-21-15(19)8-14-13-5-4-12(18)7-10(13)6-11(16(20)22-2)9-24-17(14)23-3/h4-7,14,17H,8-9H2,1-3H3/b11-6+. The number of esters is 2. The van der Waals surface area contributed by atoms with Crippen LogP contribution in [0.25, 0.3) is 6.08 Å². The quantitative estimate of drug-likeness (QED) is 0.726. The highest BCUT2D eigenvalue weighted by atomic mass is 79.9. The Morgan fingerprint density at radius 2 is 2.00 bits per heavy atom. The van der Waals surface area contributed by atoms with Gasteiger partial charge in [-0.2, -0.15) is 0 Å². The summed E-state index contributed by atoms with van der Waals surface area (Å²) in [7, 11) is 4.15. The summed E-state index contributed by atoms with van der Waals surface area (Å²) >= 11 is 3.43. The first-order valence-corrected chi connectivity index (χ1v) is 8.09. The molecule has 0 radical (unpaired) electrons. The number of hydrogen-bond donors (Lipinski definition) is 0. The Morgan fingerprint density at radius 3 is 2.62 bits per heavy atom. The molecule has 0 aliphatic carbocycles. The Kier molecular flexibility index (Phi) is 6.53. The molecule has 0 saturated heterocycles. The van der Waals surface area contributed by atoms with Crippen LogP contribution in [0, 0.1) is 0 Å². The molecule has 1 aromatic rings. The van der Waals surface area contributed by atoms with Crippen LogP contribution in [0.1, 0.15) is 23.5 Å². The predicted molar refractivity (Wildman–Crippen MR) is 90.3 cm³/mol. The molecule has 1 heterocycles. The van der Waals surface area contributed by atoms with Crippen molar-refractivity contribution in [3.8, 4) is 0 Å². The lowest BCUT2D eigenvalue weighted by atomic mass is 9.89. The van der Waals surface area contributed by atoms with Crippen molar-refractivity contribution in [1.82, 2.24) is 0 Å². The maximum absolute atomic E-state index is 11.9. The second-order valence-corrected chi connectivity index (χ2v) is 6.15. The first-order chi connectivity index (χ1) is 11.5. The van der Waals surface area contributed by atoms with Crippen LogP contribution in [-0.2, 0) is 28.5 Å². The van der Waals surface area contributed by atoms with Crippen molar-refractivity contribution in [3.05, 3.63) is 39.4 Å². The van der Waals surface area contributed by atoms with Crippen LogP contribution in [0.3, 0.4) is 0 Å². The first kappa shape index (κ1) is 18.6. The van der Waals surface area contributed by atoms with Gasteiger partial charge in [0.1, 0.15) is 0 Å². The second kappa shape index (κ2) is 8.41. The minimum Gasteiger partial charge on any atom is -0.469 e. The van der Waals surface area contributed by atoms with Crippen molar-refractivity contribution in [2.45, 2.75) is 18.6 Å². The fourth-order valence-electron chi connectivity index (χ4n) is 2.62. The molecule has 0 fully saturated rings. The van der Waals surface area contributed by atoms with E-state index in [4.69, 9.17) is 18.9 Å². The van der Waals surface area contributed by atoms with Crippen molar-refractivity contribution in [1.29, 1.82) is 0 Å². The summed E-state index contributed by atoms with van der Waals surface area (Å²) < 4.78 is 21.5. The van der Waals surface area contributed by atoms with Gasteiger partial charge in [0, 0.05) is 17.5 Å². The van der Waals surface area contributed by atoms with Crippen LogP contribution in [0.2, 0.25) is 0 Å². The molecule has 1 aliphatic heterocycles. The van der Waals surface area contributed by atoms with Crippen molar-refractivity contribution in [3.63, 3.8) is 0 Å². The fraction of sp³-hybridized carbons (Fsp3) is 0.412. The number of ether oxygens (including phenoxy) is 4. The third-order valence-corrected chi connectivity index (χ3v) is 4.30. The van der Waals surface area contributed by atoms with Crippen LogP contribution in [-0.4, -0.2) is 46.2 Å². The molecule has 130 valence electrons. The maximum Gasteiger partial charge on any atom is 0.336 e. The van der Waals surface area contributed by atoms with Gasteiger partial charge in [0.15, 0.2) is 6.29 Å². The van der Waals surface area contributed by atoms with E-state index in [0.29, 0.717) is 5.57 Å². The Morgan fingerprint density at radius 1 is 1.25 bits per heavy atom. The summed E-state index contributed by atoms with van der Waals surface area (Å²) in [6.45, 7) is 0.0226. The van der Waals surface area contributed by atoms with Crippen LogP contribution in [0.15, 0.2) is 28.2 Å². The largest absolute Gasteiger partial charge is 0.469 e. The summed E-state index contributed by atoms with van der Waals surface area (Å²) in [6.07, 6.45) is 1.12. The van der Waals surface area contributed by atoms with Gasteiger partial charge in [0.25, 0.3) is 0 Å². The highest BCUT2D eigenvalue weighted by Gasteiger charge is 2.31. The summed E-state index contributed by atoms with van der Waals surface area (Å²) in [6, 6.07) is 5.61. The molecule has 24 heavy (non-hydrogen) atoms. The molecule has 2 rings (SSSR count). The van der Waals surface area contributed by atoms with Crippen molar-refractivity contribution < 1.29 is 28.5 Å². The Bertz CT molecular complexity index is 654. The number of benzene rings is 1. The van der Waals surface area contributed by atoms with E-state index in [2.05, 4.69) is 15.9 Å². The minimum absolute atomic E-state index is 0.0226. The van der Waals surface area contributed by atoms with Gasteiger partial charge in [-0.1, -0.05) is 22.0 Å². The molecule has 7 heteroatoms. The monoisotopic (exact) mass is 398 g/mol. The Hall–Kier alpha value is -1.70. The van der Waals surface area contributed by atoms with E-state index in [9.17, 15) is 9.59 Å². The van der Waals surface area contributed by atoms with Gasteiger partial charge in [-0.05, 0) is 29.3 Å². The number of carbonyl (C=O) groups is 2. The van der Waals surface area contributed by atoms with E-state index in [1.54, 1.807) is 6.08 Å². The molecule has 0 aromatic heterocycles. The minimum atomic E-state index is -0.697. The van der Waals surface area contributed by atoms with E-state index in [1.807, 2.05) is 18.2 Å². The predicted octanol–water partition coefficient (Wildman–Crippen LogP) is 2.65. The van der Waals surface area contributed by atoms with Crippen molar-refractivity contribution in [2.24, 2.45) is 0 Å². The molecule has 2 atom stereocenters. The molecular formula is C17H19BrO6. The molecule has 6 nitrogen and oxygen atoms in total. The van der Waals surface area contributed by atoms with Gasteiger partial charge in [-0.25, -0.2) is 4.79 Å². The molecule has 0 bridgehead atoms. The van der Waals surface area contributed by atoms with Crippen LogP contribution in [0.4, 0.5) is 0 Å². The van der Waals surface area contributed by atoms with Gasteiger partial charge < -0.3 is 18.9 Å². The highest BCUT2D eigenvalue weighted by molar-refractivity contribution is 9.10. The number of carbonyl (C=O) groups excluding carboxylic acids is 2. The lowest BCUT2D eigenvalue weighted by Gasteiger charge is -2.29. The van der Waals surface area contributed by atoms with E-state index in [0.717, 1.165) is 15.6 Å². The zero-order valence-corrected chi connectivity index (χ0v) is 15.3. The van der Waals surface area contributed by atoms with E-state index in [-0.39, 0.29) is 24.9 Å². The van der Waals surface area contributed by atoms with Crippen LogP contribution < -0.4 is 0 Å². The zero-order chi connectivity index (χ0) is 17.7. The molecule has 0 N–H and O–H groups in total. The summed E-state index contributed by atoms with van der Waals surface area (Å²) in [5.74, 6) is -1.19. The van der Waals surface area contributed by atoms with E-state index < -0.39 is 12.3 Å². The summed E-state index contributed by atoms with van der Waals surface area (Å²) in [5, 5.41) is 0. The average molecular weight is 399 g/mol.